The van der Waals surface area contributed by atoms with Gasteiger partial charge in [-0.05, 0) is 62.1 Å². The van der Waals surface area contributed by atoms with Crippen LogP contribution in [0.4, 0.5) is 5.69 Å². The third kappa shape index (κ3) is 3.71. The summed E-state index contributed by atoms with van der Waals surface area (Å²) in [5, 5.41) is 0. The molecule has 1 aromatic carbocycles. The lowest BCUT2D eigenvalue weighted by Gasteiger charge is -2.08. The van der Waals surface area contributed by atoms with Gasteiger partial charge in [0.05, 0.1) is 5.69 Å². The third-order valence-electron chi connectivity index (χ3n) is 4.78. The van der Waals surface area contributed by atoms with Crippen LogP contribution >= 0.6 is 0 Å². The number of aryl methyl sites for hydroxylation is 1. The van der Waals surface area contributed by atoms with Gasteiger partial charge in [0, 0.05) is 29.4 Å². The SMILES string of the molecule is CC[C@@H](C)c1ccc(N=Cc2cc(C)n(-c3ccccn3)c2C)cc1. The third-order valence-corrected chi connectivity index (χ3v) is 4.78. The molecule has 1 atom stereocenters. The van der Waals surface area contributed by atoms with Gasteiger partial charge in [-0.1, -0.05) is 32.0 Å². The summed E-state index contributed by atoms with van der Waals surface area (Å²) in [5.41, 5.74) is 5.78. The standard InChI is InChI=1S/C22H25N3/c1-5-16(2)19-9-11-21(12-10-19)24-15-20-14-17(3)25(18(20)4)22-8-6-7-13-23-22/h6-16H,5H2,1-4H3/t16-/m1/s1. The molecule has 2 aromatic heterocycles. The molecule has 3 heteroatoms. The molecule has 3 nitrogen and oxygen atoms in total. The zero-order valence-electron chi connectivity index (χ0n) is 15.4. The van der Waals surface area contributed by atoms with Crippen LogP contribution in [0.5, 0.6) is 0 Å². The van der Waals surface area contributed by atoms with E-state index in [9.17, 15) is 0 Å². The van der Waals surface area contributed by atoms with Gasteiger partial charge in [0.25, 0.3) is 0 Å². The van der Waals surface area contributed by atoms with Crippen LogP contribution in [0.15, 0.2) is 59.7 Å². The van der Waals surface area contributed by atoms with E-state index in [-0.39, 0.29) is 0 Å². The number of hydrogen-bond donors (Lipinski definition) is 0. The molecule has 0 saturated heterocycles. The zero-order chi connectivity index (χ0) is 17.8. The van der Waals surface area contributed by atoms with E-state index < -0.39 is 0 Å². The molecule has 0 radical (unpaired) electrons. The molecular weight excluding hydrogens is 306 g/mol. The number of aromatic nitrogens is 2. The minimum Gasteiger partial charge on any atom is -0.303 e. The van der Waals surface area contributed by atoms with E-state index in [0.29, 0.717) is 5.92 Å². The van der Waals surface area contributed by atoms with E-state index in [1.807, 2.05) is 30.6 Å². The van der Waals surface area contributed by atoms with Crippen molar-refractivity contribution in [3.8, 4) is 5.82 Å². The molecule has 0 saturated carbocycles. The monoisotopic (exact) mass is 331 g/mol. The first-order chi connectivity index (χ1) is 12.1. The Morgan fingerprint density at radius 1 is 1.12 bits per heavy atom. The lowest BCUT2D eigenvalue weighted by Crippen LogP contribution is -2.01. The van der Waals surface area contributed by atoms with Crippen LogP contribution in [0.3, 0.4) is 0 Å². The second-order valence-corrected chi connectivity index (χ2v) is 6.51. The molecule has 0 aliphatic carbocycles. The molecule has 128 valence electrons. The fourth-order valence-corrected chi connectivity index (χ4v) is 3.03. The van der Waals surface area contributed by atoms with Gasteiger partial charge < -0.3 is 4.57 Å². The molecule has 0 spiro atoms. The Bertz CT molecular complexity index is 858. The first kappa shape index (κ1) is 17.2. The highest BCUT2D eigenvalue weighted by atomic mass is 15.1. The highest BCUT2D eigenvalue weighted by molar-refractivity contribution is 5.84. The van der Waals surface area contributed by atoms with Crippen molar-refractivity contribution < 1.29 is 0 Å². The minimum absolute atomic E-state index is 0.593. The number of aliphatic imine (C=N–C) groups is 1. The number of pyridine rings is 1. The summed E-state index contributed by atoms with van der Waals surface area (Å²) in [6.45, 7) is 8.67. The predicted octanol–water partition coefficient (Wildman–Crippen LogP) is 5.75. The summed E-state index contributed by atoms with van der Waals surface area (Å²) in [7, 11) is 0. The lowest BCUT2D eigenvalue weighted by molar-refractivity contribution is 0.734. The maximum Gasteiger partial charge on any atom is 0.136 e. The fraction of sp³-hybridized carbons (Fsp3) is 0.273. The summed E-state index contributed by atoms with van der Waals surface area (Å²) in [6, 6.07) is 16.7. The van der Waals surface area contributed by atoms with Crippen LogP contribution in [0.2, 0.25) is 0 Å². The van der Waals surface area contributed by atoms with Gasteiger partial charge in [0.2, 0.25) is 0 Å². The van der Waals surface area contributed by atoms with Crippen LogP contribution < -0.4 is 0 Å². The van der Waals surface area contributed by atoms with Crippen LogP contribution in [0.25, 0.3) is 5.82 Å². The van der Waals surface area contributed by atoms with Gasteiger partial charge in [0.1, 0.15) is 5.82 Å². The molecule has 0 bridgehead atoms. The van der Waals surface area contributed by atoms with E-state index >= 15 is 0 Å². The molecule has 0 unspecified atom stereocenters. The highest BCUT2D eigenvalue weighted by Gasteiger charge is 2.09. The van der Waals surface area contributed by atoms with Crippen molar-refractivity contribution in [2.75, 3.05) is 0 Å². The topological polar surface area (TPSA) is 30.2 Å². The Hall–Kier alpha value is -2.68. The minimum atomic E-state index is 0.593. The van der Waals surface area contributed by atoms with Crippen molar-refractivity contribution in [2.45, 2.75) is 40.0 Å². The van der Waals surface area contributed by atoms with Crippen LogP contribution in [0, 0.1) is 13.8 Å². The van der Waals surface area contributed by atoms with Gasteiger partial charge in [0.15, 0.2) is 0 Å². The predicted molar refractivity (Wildman–Crippen MR) is 105 cm³/mol. The quantitative estimate of drug-likeness (QED) is 0.547. The summed E-state index contributed by atoms with van der Waals surface area (Å²) in [4.78, 5) is 9.11. The highest BCUT2D eigenvalue weighted by Crippen LogP contribution is 2.23. The molecular formula is C22H25N3. The van der Waals surface area contributed by atoms with Gasteiger partial charge in [-0.25, -0.2) is 4.98 Å². The summed E-state index contributed by atoms with van der Waals surface area (Å²) >= 11 is 0. The molecule has 0 aliphatic rings. The fourth-order valence-electron chi connectivity index (χ4n) is 3.03. The van der Waals surface area contributed by atoms with E-state index in [1.54, 1.807) is 0 Å². The Morgan fingerprint density at radius 3 is 2.52 bits per heavy atom. The number of nitrogens with zero attached hydrogens (tertiary/aromatic N) is 3. The molecule has 0 N–H and O–H groups in total. The van der Waals surface area contributed by atoms with Crippen LogP contribution in [0.1, 0.15) is 48.7 Å². The van der Waals surface area contributed by atoms with Crippen molar-refractivity contribution in [1.29, 1.82) is 0 Å². The first-order valence-electron chi connectivity index (χ1n) is 8.84. The molecule has 2 heterocycles. The van der Waals surface area contributed by atoms with Gasteiger partial charge in [-0.3, -0.25) is 4.99 Å². The summed E-state index contributed by atoms with van der Waals surface area (Å²) in [5.74, 6) is 1.53. The average Bonchev–Trinajstić information content (AvgIpc) is 2.94. The molecule has 0 aliphatic heterocycles. The summed E-state index contributed by atoms with van der Waals surface area (Å²) < 4.78 is 2.16. The smallest absolute Gasteiger partial charge is 0.136 e. The molecule has 3 aromatic rings. The van der Waals surface area contributed by atoms with Crippen LogP contribution in [-0.4, -0.2) is 15.8 Å². The summed E-state index contributed by atoms with van der Waals surface area (Å²) in [6.07, 6.45) is 4.92. The normalized spacial score (nSPS) is 12.6. The van der Waals surface area contributed by atoms with Gasteiger partial charge in [-0.15, -0.1) is 0 Å². The van der Waals surface area contributed by atoms with Gasteiger partial charge in [-0.2, -0.15) is 0 Å². The Labute approximate surface area is 150 Å². The van der Waals surface area contributed by atoms with Crippen LogP contribution in [-0.2, 0) is 0 Å². The average molecular weight is 331 g/mol. The molecule has 0 amide bonds. The first-order valence-corrected chi connectivity index (χ1v) is 8.84. The maximum absolute atomic E-state index is 4.65. The number of hydrogen-bond acceptors (Lipinski definition) is 2. The van der Waals surface area contributed by atoms with E-state index in [0.717, 1.165) is 34.9 Å². The second kappa shape index (κ2) is 7.47. The van der Waals surface area contributed by atoms with Crippen molar-refractivity contribution >= 4 is 11.9 Å². The van der Waals surface area contributed by atoms with E-state index in [2.05, 4.69) is 72.6 Å². The van der Waals surface area contributed by atoms with Gasteiger partial charge >= 0.3 is 0 Å². The van der Waals surface area contributed by atoms with E-state index in [4.69, 9.17) is 0 Å². The zero-order valence-corrected chi connectivity index (χ0v) is 15.4. The molecule has 25 heavy (non-hydrogen) atoms. The Kier molecular flexibility index (Phi) is 5.13. The second-order valence-electron chi connectivity index (χ2n) is 6.51. The Balaban J connectivity index is 1.85. The number of rotatable bonds is 5. The molecule has 0 fully saturated rings. The van der Waals surface area contributed by atoms with Crippen molar-refractivity contribution in [3.05, 3.63) is 77.2 Å². The van der Waals surface area contributed by atoms with E-state index in [1.165, 1.54) is 5.56 Å². The largest absolute Gasteiger partial charge is 0.303 e. The van der Waals surface area contributed by atoms with Crippen molar-refractivity contribution in [3.63, 3.8) is 0 Å². The number of benzene rings is 1. The maximum atomic E-state index is 4.65. The van der Waals surface area contributed by atoms with Crippen molar-refractivity contribution in [1.82, 2.24) is 9.55 Å². The van der Waals surface area contributed by atoms with Crippen molar-refractivity contribution in [2.24, 2.45) is 4.99 Å². The lowest BCUT2D eigenvalue weighted by atomic mass is 9.99. The Morgan fingerprint density at radius 2 is 1.88 bits per heavy atom. The molecule has 3 rings (SSSR count).